The molecule has 0 radical (unpaired) electrons. The van der Waals surface area contributed by atoms with Gasteiger partial charge in [0.1, 0.15) is 17.8 Å². The van der Waals surface area contributed by atoms with Crippen LogP contribution in [0.1, 0.15) is 19.8 Å². The van der Waals surface area contributed by atoms with Gasteiger partial charge in [-0.25, -0.2) is 19.4 Å². The minimum Gasteiger partial charge on any atom is -0.453 e. The van der Waals surface area contributed by atoms with E-state index in [1.54, 1.807) is 6.07 Å². The molecular weight excluding hydrogens is 502 g/mol. The number of likely N-dealkylation sites (tertiary alicyclic amines) is 1. The summed E-state index contributed by atoms with van der Waals surface area (Å²) in [5, 5.41) is 11.4. The van der Waals surface area contributed by atoms with Crippen molar-refractivity contribution in [2.24, 2.45) is 0 Å². The predicted octanol–water partition coefficient (Wildman–Crippen LogP) is 1.74. The molecule has 2 saturated heterocycles. The number of amides is 2. The normalized spacial score (nSPS) is 18.9. The van der Waals surface area contributed by atoms with Crippen molar-refractivity contribution in [1.29, 1.82) is 0 Å². The molecule has 1 aromatic carbocycles. The molecule has 3 aliphatic rings. The first-order valence-electron chi connectivity index (χ1n) is 13.3. The van der Waals surface area contributed by atoms with E-state index >= 15 is 0 Å². The molecule has 13 heteroatoms. The molecule has 2 fully saturated rings. The number of benzene rings is 1. The van der Waals surface area contributed by atoms with Crippen molar-refractivity contribution < 1.29 is 19.0 Å². The fourth-order valence-electron chi connectivity index (χ4n) is 5.46. The Labute approximate surface area is 226 Å². The average molecular weight is 538 g/mol. The molecular formula is C26H35N9O4. The number of carbonyl (C=O) groups excluding carboxylic acids is 1. The lowest BCUT2D eigenvalue weighted by Crippen LogP contribution is -2.60. The summed E-state index contributed by atoms with van der Waals surface area (Å²) in [5.41, 5.74) is 8.45. The highest BCUT2D eigenvalue weighted by atomic mass is 16.7. The number of nitrogen functional groups attached to an aromatic ring is 1. The minimum absolute atomic E-state index is 0.0295. The topological polar surface area (TPSA) is 145 Å². The van der Waals surface area contributed by atoms with Crippen molar-refractivity contribution in [1.82, 2.24) is 34.9 Å². The molecule has 4 N–H and O–H groups in total. The van der Waals surface area contributed by atoms with Gasteiger partial charge >= 0.3 is 6.03 Å². The van der Waals surface area contributed by atoms with E-state index in [2.05, 4.69) is 44.5 Å². The maximum absolute atomic E-state index is 12.6. The highest BCUT2D eigenvalue weighted by Crippen LogP contribution is 2.47. The molecule has 0 atom stereocenters. The van der Waals surface area contributed by atoms with Gasteiger partial charge in [0, 0.05) is 18.2 Å². The number of hydrogen-bond acceptors (Lipinski definition) is 10. The van der Waals surface area contributed by atoms with Gasteiger partial charge in [-0.3, -0.25) is 0 Å². The maximum atomic E-state index is 12.6. The average Bonchev–Trinajstić information content (AvgIpc) is 3.53. The van der Waals surface area contributed by atoms with E-state index in [9.17, 15) is 4.79 Å². The number of nitrogens with zero attached hydrogens (tertiary/aromatic N) is 6. The van der Waals surface area contributed by atoms with Gasteiger partial charge in [0.15, 0.2) is 17.1 Å². The Balaban J connectivity index is 1.26. The first-order chi connectivity index (χ1) is 18.8. The zero-order valence-corrected chi connectivity index (χ0v) is 22.6. The highest BCUT2D eigenvalue weighted by Gasteiger charge is 2.35. The summed E-state index contributed by atoms with van der Waals surface area (Å²) in [4.78, 5) is 26.2. The van der Waals surface area contributed by atoms with Gasteiger partial charge in [-0.15, -0.1) is 0 Å². The van der Waals surface area contributed by atoms with Gasteiger partial charge < -0.3 is 40.4 Å². The molecule has 0 spiro atoms. The summed E-state index contributed by atoms with van der Waals surface area (Å²) in [5.74, 6) is 1.28. The Hall–Kier alpha value is -3.68. The molecule has 208 valence electrons. The van der Waals surface area contributed by atoms with E-state index in [0.29, 0.717) is 71.1 Å². The molecule has 0 bridgehead atoms. The maximum Gasteiger partial charge on any atom is 0.319 e. The Morgan fingerprint density at radius 3 is 2.64 bits per heavy atom. The van der Waals surface area contributed by atoms with Gasteiger partial charge in [0.05, 0.1) is 36.4 Å². The molecule has 0 aliphatic carbocycles. The van der Waals surface area contributed by atoms with E-state index in [-0.39, 0.29) is 18.4 Å². The zero-order chi connectivity index (χ0) is 27.1. The number of piperidine rings is 1. The summed E-state index contributed by atoms with van der Waals surface area (Å²) in [6, 6.07) is 3.92. The van der Waals surface area contributed by atoms with Gasteiger partial charge in [-0.05, 0) is 59.1 Å². The van der Waals surface area contributed by atoms with Crippen LogP contribution in [0, 0.1) is 0 Å². The number of rotatable bonds is 7. The number of nitrogens with one attached hydrogen (secondary N) is 2. The number of fused-ring (bicyclic) bond motifs is 2. The smallest absolute Gasteiger partial charge is 0.319 e. The number of urea groups is 1. The summed E-state index contributed by atoms with van der Waals surface area (Å²) >= 11 is 0. The number of anilines is 2. The number of aromatic nitrogens is 4. The van der Waals surface area contributed by atoms with Crippen LogP contribution in [0.25, 0.3) is 22.3 Å². The summed E-state index contributed by atoms with van der Waals surface area (Å²) in [7, 11) is 4.30. The second-order valence-corrected chi connectivity index (χ2v) is 10.9. The van der Waals surface area contributed by atoms with E-state index in [0.717, 1.165) is 32.5 Å². The third kappa shape index (κ3) is 4.92. The van der Waals surface area contributed by atoms with Crippen LogP contribution in [-0.2, 0) is 11.3 Å². The van der Waals surface area contributed by atoms with Crippen LogP contribution in [0.3, 0.4) is 0 Å². The van der Waals surface area contributed by atoms with E-state index < -0.39 is 0 Å². The number of hydrogen-bond donors (Lipinski definition) is 3. The SMILES string of the molecule is CN(C)C1CCN(CCn2nc(-c3ccc(NC(=O)NC4(C)COC4)c4c3OCO4)c3c(N)ncnc32)CC1. The number of ether oxygens (including phenoxy) is 3. The quantitative estimate of drug-likeness (QED) is 0.407. The fourth-order valence-corrected chi connectivity index (χ4v) is 5.46. The fraction of sp³-hybridized carbons (Fsp3) is 0.538. The third-order valence-corrected chi connectivity index (χ3v) is 7.75. The van der Waals surface area contributed by atoms with Crippen LogP contribution in [0.15, 0.2) is 18.5 Å². The van der Waals surface area contributed by atoms with Crippen molar-refractivity contribution in [3.8, 4) is 22.8 Å². The molecule has 0 unspecified atom stereocenters. The van der Waals surface area contributed by atoms with Crippen molar-refractivity contribution in [3.05, 3.63) is 18.5 Å². The largest absolute Gasteiger partial charge is 0.453 e. The Morgan fingerprint density at radius 1 is 1.15 bits per heavy atom. The summed E-state index contributed by atoms with van der Waals surface area (Å²) in [6.07, 6.45) is 3.77. The van der Waals surface area contributed by atoms with Crippen molar-refractivity contribution >= 4 is 28.6 Å². The van der Waals surface area contributed by atoms with Crippen LogP contribution in [0.2, 0.25) is 0 Å². The summed E-state index contributed by atoms with van der Waals surface area (Å²) < 4.78 is 18.7. The first kappa shape index (κ1) is 25.6. The zero-order valence-electron chi connectivity index (χ0n) is 22.6. The molecule has 2 amide bonds. The summed E-state index contributed by atoms with van der Waals surface area (Å²) in [6.45, 7) is 6.55. The van der Waals surface area contributed by atoms with E-state index in [1.807, 2.05) is 17.7 Å². The van der Waals surface area contributed by atoms with Crippen LogP contribution < -0.4 is 25.8 Å². The molecule has 5 heterocycles. The Morgan fingerprint density at radius 2 is 1.92 bits per heavy atom. The third-order valence-electron chi connectivity index (χ3n) is 7.75. The molecule has 13 nitrogen and oxygen atoms in total. The minimum atomic E-state index is -0.379. The second kappa shape index (κ2) is 10.1. The standard InChI is InChI=1S/C26H35N9O4/c1-26(12-37-13-26)31-25(36)30-18-5-4-17(21-22(18)39-15-38-21)20-19-23(27)28-14-29-24(19)35(32-20)11-10-34-8-6-16(7-9-34)33(2)3/h4-5,14,16H,6-13,15H2,1-3H3,(H2,27,28,29)(H2,30,31,36). The first-order valence-corrected chi connectivity index (χ1v) is 13.3. The number of nitrogens with two attached hydrogens (primary N) is 1. The van der Waals surface area contributed by atoms with E-state index in [1.165, 1.54) is 6.33 Å². The van der Waals surface area contributed by atoms with Crippen LogP contribution in [-0.4, -0.2) is 101 Å². The molecule has 0 saturated carbocycles. The van der Waals surface area contributed by atoms with Gasteiger partial charge in [0.25, 0.3) is 0 Å². The van der Waals surface area contributed by atoms with Crippen molar-refractivity contribution in [2.75, 3.05) is 64.8 Å². The Kier molecular flexibility index (Phi) is 6.65. The van der Waals surface area contributed by atoms with Crippen LogP contribution in [0.5, 0.6) is 11.5 Å². The van der Waals surface area contributed by atoms with Gasteiger partial charge in [-0.1, -0.05) is 0 Å². The van der Waals surface area contributed by atoms with Gasteiger partial charge in [0.2, 0.25) is 6.79 Å². The lowest BCUT2D eigenvalue weighted by Gasteiger charge is -2.38. The molecule has 6 rings (SSSR count). The molecule has 39 heavy (non-hydrogen) atoms. The van der Waals surface area contributed by atoms with Crippen molar-refractivity contribution in [2.45, 2.75) is 37.9 Å². The number of carbonyl (C=O) groups is 1. The van der Waals surface area contributed by atoms with Crippen molar-refractivity contribution in [3.63, 3.8) is 0 Å². The van der Waals surface area contributed by atoms with Crippen LogP contribution in [0.4, 0.5) is 16.3 Å². The highest BCUT2D eigenvalue weighted by molar-refractivity contribution is 6.01. The van der Waals surface area contributed by atoms with E-state index in [4.69, 9.17) is 25.0 Å². The predicted molar refractivity (Wildman–Crippen MR) is 146 cm³/mol. The molecule has 2 aromatic heterocycles. The second-order valence-electron chi connectivity index (χ2n) is 10.9. The van der Waals surface area contributed by atoms with Gasteiger partial charge in [-0.2, -0.15) is 5.10 Å². The molecule has 3 aliphatic heterocycles. The van der Waals surface area contributed by atoms with Crippen LogP contribution >= 0.6 is 0 Å². The molecule has 3 aromatic rings. The monoisotopic (exact) mass is 537 g/mol. The lowest BCUT2D eigenvalue weighted by atomic mass is 10.0. The lowest BCUT2D eigenvalue weighted by molar-refractivity contribution is -0.0567. The Bertz CT molecular complexity index is 1380.